The van der Waals surface area contributed by atoms with Crippen molar-refractivity contribution in [3.63, 3.8) is 0 Å². The Kier molecular flexibility index (Phi) is 4.99. The number of rotatable bonds is 6. The lowest BCUT2D eigenvalue weighted by Gasteiger charge is -2.05. The van der Waals surface area contributed by atoms with E-state index in [4.69, 9.17) is 0 Å². The van der Waals surface area contributed by atoms with Gasteiger partial charge in [-0.25, -0.2) is 9.97 Å². The van der Waals surface area contributed by atoms with Crippen molar-refractivity contribution in [2.75, 3.05) is 0 Å². The molecular weight excluding hydrogens is 318 g/mol. The molecule has 0 fully saturated rings. The highest BCUT2D eigenvalue weighted by molar-refractivity contribution is 5.62. The number of hydrogen-bond donors (Lipinski definition) is 1. The number of non-ortho nitro benzene ring substituents is 1. The van der Waals surface area contributed by atoms with E-state index >= 15 is 0 Å². The minimum atomic E-state index is -0.413. The Bertz CT molecular complexity index is 879. The molecule has 0 atom stereocenters. The molecule has 6 nitrogen and oxygen atoms in total. The fraction of sp³-hybridized carbons (Fsp3) is 0.158. The molecule has 0 saturated heterocycles. The molecule has 1 N–H and O–H groups in total. The van der Waals surface area contributed by atoms with E-state index in [0.29, 0.717) is 23.5 Å². The SMILES string of the molecule is O=[N+]([O-])c1cccc(-c2ccnc(CCCc3ccc(O)cc3)n2)c1. The van der Waals surface area contributed by atoms with Crippen LogP contribution in [0.2, 0.25) is 0 Å². The molecule has 0 aliphatic carbocycles. The predicted molar refractivity (Wildman–Crippen MR) is 94.3 cm³/mol. The molecule has 0 aliphatic heterocycles. The van der Waals surface area contributed by atoms with Gasteiger partial charge in [0.05, 0.1) is 10.6 Å². The van der Waals surface area contributed by atoms with Gasteiger partial charge in [-0.2, -0.15) is 0 Å². The summed E-state index contributed by atoms with van der Waals surface area (Å²) in [4.78, 5) is 19.3. The van der Waals surface area contributed by atoms with Gasteiger partial charge in [-0.05, 0) is 36.6 Å². The van der Waals surface area contributed by atoms with Crippen molar-refractivity contribution in [2.45, 2.75) is 19.3 Å². The van der Waals surface area contributed by atoms with Gasteiger partial charge in [0.15, 0.2) is 0 Å². The zero-order chi connectivity index (χ0) is 17.6. The number of hydrogen-bond acceptors (Lipinski definition) is 5. The van der Waals surface area contributed by atoms with Crippen LogP contribution in [0.1, 0.15) is 17.8 Å². The van der Waals surface area contributed by atoms with Gasteiger partial charge in [0.2, 0.25) is 0 Å². The van der Waals surface area contributed by atoms with E-state index in [9.17, 15) is 15.2 Å². The molecule has 0 radical (unpaired) electrons. The molecule has 0 aliphatic rings. The van der Waals surface area contributed by atoms with Crippen LogP contribution in [-0.2, 0) is 12.8 Å². The van der Waals surface area contributed by atoms with Crippen LogP contribution in [0.25, 0.3) is 11.3 Å². The zero-order valence-electron chi connectivity index (χ0n) is 13.5. The summed E-state index contributed by atoms with van der Waals surface area (Å²) in [5.74, 6) is 0.972. The number of phenols is 1. The number of nitro benzene ring substituents is 1. The lowest BCUT2D eigenvalue weighted by atomic mass is 10.1. The summed E-state index contributed by atoms with van der Waals surface area (Å²) < 4.78 is 0. The van der Waals surface area contributed by atoms with Gasteiger partial charge < -0.3 is 5.11 Å². The van der Waals surface area contributed by atoms with Gasteiger partial charge in [0, 0.05) is 30.3 Å². The van der Waals surface area contributed by atoms with Gasteiger partial charge in [-0.1, -0.05) is 24.3 Å². The summed E-state index contributed by atoms with van der Waals surface area (Å²) in [6.45, 7) is 0. The molecule has 3 aromatic rings. The van der Waals surface area contributed by atoms with Gasteiger partial charge in [0.1, 0.15) is 11.6 Å². The molecular formula is C19H17N3O3. The Hall–Kier alpha value is -3.28. The lowest BCUT2D eigenvalue weighted by molar-refractivity contribution is -0.384. The largest absolute Gasteiger partial charge is 0.508 e. The van der Waals surface area contributed by atoms with Crippen LogP contribution in [-0.4, -0.2) is 20.0 Å². The van der Waals surface area contributed by atoms with Crippen LogP contribution in [0.4, 0.5) is 5.69 Å². The van der Waals surface area contributed by atoms with Gasteiger partial charge in [-0.3, -0.25) is 10.1 Å². The maximum atomic E-state index is 10.9. The number of aryl methyl sites for hydroxylation is 2. The summed E-state index contributed by atoms with van der Waals surface area (Å²) in [6.07, 6.45) is 4.13. The second-order valence-electron chi connectivity index (χ2n) is 5.69. The summed E-state index contributed by atoms with van der Waals surface area (Å²) >= 11 is 0. The lowest BCUT2D eigenvalue weighted by Crippen LogP contribution is -1.98. The first-order valence-electron chi connectivity index (χ1n) is 7.96. The van der Waals surface area contributed by atoms with E-state index < -0.39 is 4.92 Å². The number of nitro groups is 1. The molecule has 126 valence electrons. The minimum Gasteiger partial charge on any atom is -0.508 e. The average molecular weight is 335 g/mol. The van der Waals surface area contributed by atoms with E-state index in [1.807, 2.05) is 12.1 Å². The smallest absolute Gasteiger partial charge is 0.270 e. The molecule has 2 aromatic carbocycles. The number of aromatic nitrogens is 2. The zero-order valence-corrected chi connectivity index (χ0v) is 13.5. The van der Waals surface area contributed by atoms with Gasteiger partial charge in [-0.15, -0.1) is 0 Å². The second kappa shape index (κ2) is 7.53. The Labute approximate surface area is 145 Å². The molecule has 6 heteroatoms. The number of phenolic OH excluding ortho intramolecular Hbond substituents is 1. The van der Waals surface area contributed by atoms with Crippen LogP contribution >= 0.6 is 0 Å². The van der Waals surface area contributed by atoms with Crippen molar-refractivity contribution in [3.8, 4) is 17.0 Å². The Morgan fingerprint density at radius 1 is 1.04 bits per heavy atom. The maximum Gasteiger partial charge on any atom is 0.270 e. The third kappa shape index (κ3) is 4.38. The maximum absolute atomic E-state index is 10.9. The van der Waals surface area contributed by atoms with Crippen LogP contribution in [0.15, 0.2) is 60.8 Å². The highest BCUT2D eigenvalue weighted by Crippen LogP contribution is 2.22. The molecule has 1 heterocycles. The first-order valence-corrected chi connectivity index (χ1v) is 7.96. The third-order valence-electron chi connectivity index (χ3n) is 3.86. The molecule has 25 heavy (non-hydrogen) atoms. The molecule has 0 saturated carbocycles. The summed E-state index contributed by atoms with van der Waals surface area (Å²) in [5, 5.41) is 20.2. The second-order valence-corrected chi connectivity index (χ2v) is 5.69. The van der Waals surface area contributed by atoms with Crippen LogP contribution in [0.3, 0.4) is 0 Å². The highest BCUT2D eigenvalue weighted by atomic mass is 16.6. The van der Waals surface area contributed by atoms with Crippen LogP contribution in [0.5, 0.6) is 5.75 Å². The molecule has 0 unspecified atom stereocenters. The Morgan fingerprint density at radius 3 is 2.60 bits per heavy atom. The fourth-order valence-corrected chi connectivity index (χ4v) is 2.57. The Morgan fingerprint density at radius 2 is 1.84 bits per heavy atom. The quantitative estimate of drug-likeness (QED) is 0.544. The summed E-state index contributed by atoms with van der Waals surface area (Å²) in [7, 11) is 0. The third-order valence-corrected chi connectivity index (χ3v) is 3.86. The predicted octanol–water partition coefficient (Wildman–Crippen LogP) is 3.93. The van der Waals surface area contributed by atoms with E-state index in [2.05, 4.69) is 9.97 Å². The van der Waals surface area contributed by atoms with E-state index in [-0.39, 0.29) is 11.4 Å². The normalized spacial score (nSPS) is 10.6. The van der Waals surface area contributed by atoms with Crippen molar-refractivity contribution < 1.29 is 10.0 Å². The number of nitrogens with zero attached hydrogens (tertiary/aromatic N) is 3. The topological polar surface area (TPSA) is 89.2 Å². The average Bonchev–Trinajstić information content (AvgIpc) is 2.64. The van der Waals surface area contributed by atoms with E-state index in [0.717, 1.165) is 18.4 Å². The van der Waals surface area contributed by atoms with Gasteiger partial charge in [0.25, 0.3) is 5.69 Å². The number of aromatic hydroxyl groups is 1. The van der Waals surface area contributed by atoms with Crippen molar-refractivity contribution in [1.82, 2.24) is 9.97 Å². The molecule has 0 bridgehead atoms. The van der Waals surface area contributed by atoms with Crippen LogP contribution < -0.4 is 0 Å². The monoisotopic (exact) mass is 335 g/mol. The standard InChI is InChI=1S/C19H17N3O3/c23-17-9-7-14(8-10-17)3-1-6-19-20-12-11-18(21-19)15-4-2-5-16(13-15)22(24)25/h2,4-5,7-13,23H,1,3,6H2. The van der Waals surface area contributed by atoms with Crippen LogP contribution in [0, 0.1) is 10.1 Å². The molecule has 0 spiro atoms. The van der Waals surface area contributed by atoms with E-state index in [1.165, 1.54) is 12.1 Å². The van der Waals surface area contributed by atoms with Crippen molar-refractivity contribution >= 4 is 5.69 Å². The first kappa shape index (κ1) is 16.6. The van der Waals surface area contributed by atoms with Crippen molar-refractivity contribution in [2.24, 2.45) is 0 Å². The van der Waals surface area contributed by atoms with Crippen molar-refractivity contribution in [3.05, 3.63) is 82.3 Å². The summed E-state index contributed by atoms with van der Waals surface area (Å²) in [5.41, 5.74) is 2.58. The summed E-state index contributed by atoms with van der Waals surface area (Å²) in [6, 6.07) is 15.3. The fourth-order valence-electron chi connectivity index (χ4n) is 2.57. The van der Waals surface area contributed by atoms with Crippen molar-refractivity contribution in [1.29, 1.82) is 0 Å². The molecule has 0 amide bonds. The highest BCUT2D eigenvalue weighted by Gasteiger charge is 2.09. The minimum absolute atomic E-state index is 0.0463. The molecule has 3 rings (SSSR count). The Balaban J connectivity index is 1.68. The molecule has 1 aromatic heterocycles. The number of benzene rings is 2. The first-order chi connectivity index (χ1) is 12.1. The van der Waals surface area contributed by atoms with Gasteiger partial charge >= 0.3 is 0 Å². The van der Waals surface area contributed by atoms with E-state index in [1.54, 1.807) is 36.5 Å².